The minimum absolute atomic E-state index is 0.126. The average molecular weight is 180 g/mol. The lowest BCUT2D eigenvalue weighted by molar-refractivity contribution is -0.120. The first kappa shape index (κ1) is 7.71. The van der Waals surface area contributed by atoms with E-state index in [-0.39, 0.29) is 11.9 Å². The molecule has 1 aliphatic rings. The first-order valence-corrected chi connectivity index (χ1v) is 3.67. The number of rotatable bonds is 1. The van der Waals surface area contributed by atoms with Crippen LogP contribution in [0.2, 0.25) is 0 Å². The van der Waals surface area contributed by atoms with Gasteiger partial charge in [0.25, 0.3) is 5.91 Å². The second-order valence-electron chi connectivity index (χ2n) is 2.67. The molecule has 0 spiro atoms. The smallest absolute Gasteiger partial charge is 0.257 e. The lowest BCUT2D eigenvalue weighted by Gasteiger charge is -1.96. The first-order chi connectivity index (χ1) is 6.16. The van der Waals surface area contributed by atoms with Crippen LogP contribution in [0.1, 0.15) is 11.7 Å². The summed E-state index contributed by atoms with van der Waals surface area (Å²) in [7, 11) is 1.67. The van der Waals surface area contributed by atoms with E-state index >= 15 is 0 Å². The van der Waals surface area contributed by atoms with Crippen LogP contribution in [-0.4, -0.2) is 26.9 Å². The molecule has 0 saturated heterocycles. The number of carbonyl (C=O) groups is 1. The van der Waals surface area contributed by atoms with Gasteiger partial charge >= 0.3 is 0 Å². The van der Waals surface area contributed by atoms with E-state index in [1.807, 2.05) is 0 Å². The number of aliphatic imine (C=N–C) groups is 1. The molecule has 0 radical (unpaired) electrons. The van der Waals surface area contributed by atoms with Crippen molar-refractivity contribution in [3.05, 3.63) is 11.9 Å². The van der Waals surface area contributed by atoms with E-state index < -0.39 is 6.04 Å². The highest BCUT2D eigenvalue weighted by Gasteiger charge is 2.28. The van der Waals surface area contributed by atoms with E-state index in [4.69, 9.17) is 5.73 Å². The second-order valence-corrected chi connectivity index (χ2v) is 2.67. The van der Waals surface area contributed by atoms with Gasteiger partial charge in [-0.15, -0.1) is 0 Å². The summed E-state index contributed by atoms with van der Waals surface area (Å²) < 4.78 is 0. The van der Waals surface area contributed by atoms with E-state index in [2.05, 4.69) is 20.5 Å². The highest BCUT2D eigenvalue weighted by atomic mass is 16.2. The Morgan fingerprint density at radius 2 is 2.46 bits per heavy atom. The monoisotopic (exact) mass is 180 g/mol. The molecule has 1 aromatic heterocycles. The number of hydrogen-bond acceptors (Lipinski definition) is 5. The van der Waals surface area contributed by atoms with Gasteiger partial charge in [0.15, 0.2) is 12.0 Å². The normalized spacial score (nSPS) is 21.5. The minimum Gasteiger partial charge on any atom is -0.370 e. The highest BCUT2D eigenvalue weighted by Crippen LogP contribution is 2.16. The zero-order valence-corrected chi connectivity index (χ0v) is 6.93. The molecule has 13 heavy (non-hydrogen) atoms. The zero-order valence-electron chi connectivity index (χ0n) is 6.93. The van der Waals surface area contributed by atoms with Crippen molar-refractivity contribution in [2.75, 3.05) is 0 Å². The second kappa shape index (κ2) is 2.54. The number of carbonyl (C=O) groups excluding carboxylic acids is 1. The first-order valence-electron chi connectivity index (χ1n) is 3.67. The molecular formula is C6H8N6O. The summed E-state index contributed by atoms with van der Waals surface area (Å²) in [6.45, 7) is 0. The molecular weight excluding hydrogens is 172 g/mol. The molecule has 0 aliphatic carbocycles. The van der Waals surface area contributed by atoms with E-state index in [9.17, 15) is 4.79 Å². The Morgan fingerprint density at radius 3 is 2.92 bits per heavy atom. The van der Waals surface area contributed by atoms with Crippen molar-refractivity contribution in [2.24, 2.45) is 17.8 Å². The number of amides is 1. The van der Waals surface area contributed by atoms with Crippen LogP contribution in [0.25, 0.3) is 0 Å². The third kappa shape index (κ3) is 1.24. The molecule has 7 nitrogen and oxygen atoms in total. The van der Waals surface area contributed by atoms with Crippen molar-refractivity contribution in [1.29, 1.82) is 0 Å². The van der Waals surface area contributed by atoms with Crippen LogP contribution < -0.4 is 11.1 Å². The van der Waals surface area contributed by atoms with Crippen LogP contribution in [0.3, 0.4) is 0 Å². The van der Waals surface area contributed by atoms with E-state index in [0.717, 1.165) is 0 Å². The fourth-order valence-electron chi connectivity index (χ4n) is 1.11. The van der Waals surface area contributed by atoms with Crippen LogP contribution in [0.5, 0.6) is 0 Å². The Morgan fingerprint density at radius 1 is 1.69 bits per heavy atom. The molecule has 0 bridgehead atoms. The SMILES string of the molecule is Cn1ncc(C2N=C(N)NC2=O)n1. The Balaban J connectivity index is 2.32. The summed E-state index contributed by atoms with van der Waals surface area (Å²) in [5, 5.41) is 10.2. The third-order valence-corrected chi connectivity index (χ3v) is 1.67. The standard InChI is InChI=1S/C6H8N6O/c1-12-8-2-3(11-12)4-5(13)10-6(7)9-4/h2,4H,1H3,(H3,7,9,10,13). The molecule has 1 amide bonds. The molecule has 3 N–H and O–H groups in total. The Kier molecular flexibility index (Phi) is 1.51. The van der Waals surface area contributed by atoms with Gasteiger partial charge in [0.2, 0.25) is 0 Å². The molecule has 1 atom stereocenters. The highest BCUT2D eigenvalue weighted by molar-refractivity contribution is 6.04. The van der Waals surface area contributed by atoms with Gasteiger partial charge in [-0.2, -0.15) is 15.0 Å². The number of nitrogens with zero attached hydrogens (tertiary/aromatic N) is 4. The lowest BCUT2D eigenvalue weighted by atomic mass is 10.2. The summed E-state index contributed by atoms with van der Waals surface area (Å²) in [6, 6.07) is -0.645. The van der Waals surface area contributed by atoms with Gasteiger partial charge in [-0.1, -0.05) is 0 Å². The van der Waals surface area contributed by atoms with Gasteiger partial charge in [-0.25, -0.2) is 4.99 Å². The van der Waals surface area contributed by atoms with Gasteiger partial charge in [0.05, 0.1) is 6.20 Å². The lowest BCUT2D eigenvalue weighted by Crippen LogP contribution is -2.31. The topological polar surface area (TPSA) is 98.2 Å². The van der Waals surface area contributed by atoms with Crippen molar-refractivity contribution in [3.63, 3.8) is 0 Å². The number of guanidine groups is 1. The fourth-order valence-corrected chi connectivity index (χ4v) is 1.11. The summed E-state index contributed by atoms with van der Waals surface area (Å²) in [5.41, 5.74) is 5.82. The Bertz CT molecular complexity index is 380. The average Bonchev–Trinajstić information content (AvgIpc) is 2.58. The van der Waals surface area contributed by atoms with Gasteiger partial charge in [-0.3, -0.25) is 10.1 Å². The van der Waals surface area contributed by atoms with E-state index in [0.29, 0.717) is 5.69 Å². The summed E-state index contributed by atoms with van der Waals surface area (Å²) in [6.07, 6.45) is 1.49. The predicted octanol–water partition coefficient (Wildman–Crippen LogP) is -1.70. The van der Waals surface area contributed by atoms with Crippen molar-refractivity contribution in [3.8, 4) is 0 Å². The molecule has 0 saturated carbocycles. The molecule has 2 heterocycles. The fraction of sp³-hybridized carbons (Fsp3) is 0.333. The number of nitrogens with one attached hydrogen (secondary N) is 1. The minimum atomic E-state index is -0.645. The van der Waals surface area contributed by atoms with Crippen molar-refractivity contribution < 1.29 is 4.79 Å². The predicted molar refractivity (Wildman–Crippen MR) is 43.5 cm³/mol. The van der Waals surface area contributed by atoms with Crippen LogP contribution in [0.15, 0.2) is 11.2 Å². The van der Waals surface area contributed by atoms with Gasteiger partial charge < -0.3 is 5.73 Å². The number of hydrogen-bond donors (Lipinski definition) is 2. The molecule has 2 rings (SSSR count). The largest absolute Gasteiger partial charge is 0.370 e. The molecule has 1 unspecified atom stereocenters. The Labute approximate surface area is 73.6 Å². The summed E-state index contributed by atoms with van der Waals surface area (Å²) in [4.78, 5) is 16.5. The van der Waals surface area contributed by atoms with Gasteiger partial charge in [-0.05, 0) is 0 Å². The number of nitrogens with two attached hydrogens (primary N) is 1. The molecule has 1 aromatic rings. The maximum Gasteiger partial charge on any atom is 0.257 e. The number of aromatic nitrogens is 3. The summed E-state index contributed by atoms with van der Waals surface area (Å²) in [5.74, 6) is -0.140. The van der Waals surface area contributed by atoms with Crippen LogP contribution in [-0.2, 0) is 11.8 Å². The van der Waals surface area contributed by atoms with Crippen LogP contribution in [0, 0.1) is 0 Å². The molecule has 7 heteroatoms. The maximum atomic E-state index is 11.2. The van der Waals surface area contributed by atoms with E-state index in [1.54, 1.807) is 7.05 Å². The molecule has 68 valence electrons. The van der Waals surface area contributed by atoms with E-state index in [1.165, 1.54) is 11.0 Å². The van der Waals surface area contributed by atoms with Gasteiger partial charge in [0.1, 0.15) is 5.69 Å². The van der Waals surface area contributed by atoms with Crippen molar-refractivity contribution in [2.45, 2.75) is 6.04 Å². The van der Waals surface area contributed by atoms with Crippen LogP contribution in [0.4, 0.5) is 0 Å². The van der Waals surface area contributed by atoms with Gasteiger partial charge in [0, 0.05) is 7.05 Å². The third-order valence-electron chi connectivity index (χ3n) is 1.67. The van der Waals surface area contributed by atoms with Crippen molar-refractivity contribution in [1.82, 2.24) is 20.3 Å². The summed E-state index contributed by atoms with van der Waals surface area (Å²) >= 11 is 0. The van der Waals surface area contributed by atoms with Crippen molar-refractivity contribution >= 4 is 11.9 Å². The molecule has 1 aliphatic heterocycles. The molecule has 0 fully saturated rings. The quantitative estimate of drug-likeness (QED) is 0.538. The Hall–Kier alpha value is -1.92. The van der Waals surface area contributed by atoms with Crippen LogP contribution >= 0.6 is 0 Å². The molecule has 0 aromatic carbocycles. The zero-order chi connectivity index (χ0) is 9.42. The maximum absolute atomic E-state index is 11.2. The number of aryl methyl sites for hydroxylation is 1.